The van der Waals surface area contributed by atoms with Gasteiger partial charge in [0.25, 0.3) is 0 Å². The molecule has 5 nitrogen and oxygen atoms in total. The van der Waals surface area contributed by atoms with E-state index in [2.05, 4.69) is 26.6 Å². The minimum Gasteiger partial charge on any atom is -0.352 e. The molecule has 0 saturated heterocycles. The van der Waals surface area contributed by atoms with E-state index in [1.165, 1.54) is 0 Å². The second-order valence-electron chi connectivity index (χ2n) is 5.44. The number of nitrogens with zero attached hydrogens (tertiary/aromatic N) is 2. The molecule has 0 unspecified atom stereocenters. The molecule has 21 heavy (non-hydrogen) atoms. The summed E-state index contributed by atoms with van der Waals surface area (Å²) >= 11 is 0. The van der Waals surface area contributed by atoms with Gasteiger partial charge in [-0.2, -0.15) is 5.10 Å². The van der Waals surface area contributed by atoms with E-state index in [9.17, 15) is 4.79 Å². The van der Waals surface area contributed by atoms with Crippen molar-refractivity contribution in [2.45, 2.75) is 47.1 Å². The number of amides is 1. The first-order valence-corrected chi connectivity index (χ1v) is 7.16. The Kier molecular flexibility index (Phi) is 4.73. The number of hydrogen-bond acceptors (Lipinski definition) is 3. The van der Waals surface area contributed by atoms with E-state index in [1.54, 1.807) is 0 Å². The fraction of sp³-hybridized carbons (Fsp3) is 0.438. The van der Waals surface area contributed by atoms with Crippen molar-refractivity contribution < 1.29 is 4.79 Å². The SMILES string of the molecule is Cc1cc(CNC(=O)CCc2n[nH]c(C)c2C)cnc1C. The van der Waals surface area contributed by atoms with Gasteiger partial charge in [-0.05, 0) is 44.4 Å². The third kappa shape index (κ3) is 3.90. The maximum absolute atomic E-state index is 11.9. The zero-order valence-electron chi connectivity index (χ0n) is 13.1. The molecule has 112 valence electrons. The number of carbonyl (C=O) groups excluding carboxylic acids is 1. The molecule has 0 fully saturated rings. The van der Waals surface area contributed by atoms with Gasteiger partial charge in [0.05, 0.1) is 5.69 Å². The van der Waals surface area contributed by atoms with Crippen LogP contribution in [0.4, 0.5) is 0 Å². The summed E-state index contributed by atoms with van der Waals surface area (Å²) in [4.78, 5) is 16.2. The smallest absolute Gasteiger partial charge is 0.220 e. The van der Waals surface area contributed by atoms with Crippen molar-refractivity contribution in [3.8, 4) is 0 Å². The van der Waals surface area contributed by atoms with Crippen molar-refractivity contribution in [1.82, 2.24) is 20.5 Å². The molecule has 0 spiro atoms. The summed E-state index contributed by atoms with van der Waals surface area (Å²) in [6.07, 6.45) is 2.92. The average molecular weight is 286 g/mol. The van der Waals surface area contributed by atoms with Gasteiger partial charge >= 0.3 is 0 Å². The summed E-state index contributed by atoms with van der Waals surface area (Å²) in [5.74, 6) is 0.0354. The number of carbonyl (C=O) groups is 1. The van der Waals surface area contributed by atoms with E-state index < -0.39 is 0 Å². The Balaban J connectivity index is 1.82. The predicted molar refractivity (Wildman–Crippen MR) is 81.9 cm³/mol. The lowest BCUT2D eigenvalue weighted by Crippen LogP contribution is -2.23. The summed E-state index contributed by atoms with van der Waals surface area (Å²) in [5.41, 5.74) is 6.36. The normalized spacial score (nSPS) is 10.7. The lowest BCUT2D eigenvalue weighted by atomic mass is 10.1. The number of aromatic amines is 1. The first-order chi connectivity index (χ1) is 9.97. The predicted octanol–water partition coefficient (Wildman–Crippen LogP) is 2.29. The molecule has 0 radical (unpaired) electrons. The number of H-pyrrole nitrogens is 1. The Morgan fingerprint density at radius 1 is 1.29 bits per heavy atom. The van der Waals surface area contributed by atoms with Crippen LogP contribution in [0, 0.1) is 27.7 Å². The fourth-order valence-electron chi connectivity index (χ4n) is 2.10. The highest BCUT2D eigenvalue weighted by Gasteiger charge is 2.08. The molecule has 2 rings (SSSR count). The first-order valence-electron chi connectivity index (χ1n) is 7.16. The van der Waals surface area contributed by atoms with Crippen LogP contribution in [0.3, 0.4) is 0 Å². The molecule has 2 heterocycles. The zero-order chi connectivity index (χ0) is 15.4. The largest absolute Gasteiger partial charge is 0.352 e. The van der Waals surface area contributed by atoms with Crippen LogP contribution < -0.4 is 5.32 Å². The van der Waals surface area contributed by atoms with Crippen LogP contribution in [0.2, 0.25) is 0 Å². The monoisotopic (exact) mass is 286 g/mol. The Labute approximate surface area is 125 Å². The van der Waals surface area contributed by atoms with Crippen LogP contribution in [0.1, 0.15) is 40.2 Å². The van der Waals surface area contributed by atoms with Crippen molar-refractivity contribution >= 4 is 5.91 Å². The standard InChI is InChI=1S/C16H22N4O/c1-10-7-14(8-17-12(10)3)9-18-16(21)6-5-15-11(2)13(4)19-20-15/h7-8H,5-6,9H2,1-4H3,(H,18,21)(H,19,20). The third-order valence-electron chi connectivity index (χ3n) is 3.83. The second-order valence-corrected chi connectivity index (χ2v) is 5.44. The number of rotatable bonds is 5. The molecule has 2 aromatic heterocycles. The summed E-state index contributed by atoms with van der Waals surface area (Å²) in [5, 5.41) is 10.1. The van der Waals surface area contributed by atoms with E-state index in [-0.39, 0.29) is 5.91 Å². The van der Waals surface area contributed by atoms with Crippen LogP contribution in [-0.4, -0.2) is 21.1 Å². The maximum atomic E-state index is 11.9. The number of pyridine rings is 1. The first kappa shape index (κ1) is 15.2. The lowest BCUT2D eigenvalue weighted by Gasteiger charge is -2.07. The summed E-state index contributed by atoms with van der Waals surface area (Å²) in [6, 6.07) is 2.06. The average Bonchev–Trinajstić information content (AvgIpc) is 2.78. The molecule has 0 aliphatic carbocycles. The van der Waals surface area contributed by atoms with E-state index in [0.717, 1.165) is 33.8 Å². The fourth-order valence-corrected chi connectivity index (χ4v) is 2.10. The molecule has 0 aliphatic rings. The number of aryl methyl sites for hydroxylation is 4. The minimum atomic E-state index is 0.0354. The highest BCUT2D eigenvalue weighted by Crippen LogP contribution is 2.10. The van der Waals surface area contributed by atoms with Gasteiger partial charge < -0.3 is 5.32 Å². The van der Waals surface area contributed by atoms with Crippen molar-refractivity contribution in [2.24, 2.45) is 0 Å². The molecule has 1 amide bonds. The summed E-state index contributed by atoms with van der Waals surface area (Å²) in [6.45, 7) is 8.53. The van der Waals surface area contributed by atoms with E-state index >= 15 is 0 Å². The van der Waals surface area contributed by atoms with Gasteiger partial charge in [0.2, 0.25) is 5.91 Å². The summed E-state index contributed by atoms with van der Waals surface area (Å²) < 4.78 is 0. The van der Waals surface area contributed by atoms with E-state index in [1.807, 2.05) is 33.9 Å². The van der Waals surface area contributed by atoms with Crippen molar-refractivity contribution in [1.29, 1.82) is 0 Å². The lowest BCUT2D eigenvalue weighted by molar-refractivity contribution is -0.121. The number of aromatic nitrogens is 3. The van der Waals surface area contributed by atoms with Crippen LogP contribution in [-0.2, 0) is 17.8 Å². The second kappa shape index (κ2) is 6.52. The summed E-state index contributed by atoms with van der Waals surface area (Å²) in [7, 11) is 0. The Hall–Kier alpha value is -2.17. The van der Waals surface area contributed by atoms with E-state index in [4.69, 9.17) is 0 Å². The molecule has 0 bridgehead atoms. The third-order valence-corrected chi connectivity index (χ3v) is 3.83. The van der Waals surface area contributed by atoms with Gasteiger partial charge in [0, 0.05) is 37.0 Å². The molecule has 5 heteroatoms. The van der Waals surface area contributed by atoms with Gasteiger partial charge in [-0.3, -0.25) is 14.9 Å². The van der Waals surface area contributed by atoms with Crippen LogP contribution in [0.15, 0.2) is 12.3 Å². The Morgan fingerprint density at radius 3 is 2.67 bits per heavy atom. The van der Waals surface area contributed by atoms with Crippen LogP contribution >= 0.6 is 0 Å². The molecule has 0 aromatic carbocycles. The van der Waals surface area contributed by atoms with Crippen molar-refractivity contribution in [2.75, 3.05) is 0 Å². The van der Waals surface area contributed by atoms with Crippen molar-refractivity contribution in [3.05, 3.63) is 46.0 Å². The van der Waals surface area contributed by atoms with Gasteiger partial charge in [-0.1, -0.05) is 6.07 Å². The topological polar surface area (TPSA) is 70.7 Å². The molecule has 0 aliphatic heterocycles. The number of nitrogens with one attached hydrogen (secondary N) is 2. The number of hydrogen-bond donors (Lipinski definition) is 2. The molecular formula is C16H22N4O. The molecule has 2 aromatic rings. The quantitative estimate of drug-likeness (QED) is 0.886. The highest BCUT2D eigenvalue weighted by molar-refractivity contribution is 5.76. The van der Waals surface area contributed by atoms with Gasteiger partial charge in [-0.15, -0.1) is 0 Å². The van der Waals surface area contributed by atoms with Crippen molar-refractivity contribution in [3.63, 3.8) is 0 Å². The minimum absolute atomic E-state index is 0.0354. The van der Waals surface area contributed by atoms with E-state index in [0.29, 0.717) is 19.4 Å². The van der Waals surface area contributed by atoms with Crippen LogP contribution in [0.5, 0.6) is 0 Å². The Bertz CT molecular complexity index is 646. The molecule has 0 atom stereocenters. The van der Waals surface area contributed by atoms with Gasteiger partial charge in [0.15, 0.2) is 0 Å². The maximum Gasteiger partial charge on any atom is 0.220 e. The molecule has 2 N–H and O–H groups in total. The zero-order valence-corrected chi connectivity index (χ0v) is 13.1. The van der Waals surface area contributed by atoms with Gasteiger partial charge in [0.1, 0.15) is 0 Å². The van der Waals surface area contributed by atoms with Gasteiger partial charge in [-0.25, -0.2) is 0 Å². The van der Waals surface area contributed by atoms with Crippen LogP contribution in [0.25, 0.3) is 0 Å². The highest BCUT2D eigenvalue weighted by atomic mass is 16.1. The molecule has 0 saturated carbocycles. The Morgan fingerprint density at radius 2 is 2.05 bits per heavy atom. The molecular weight excluding hydrogens is 264 g/mol.